The highest BCUT2D eigenvalue weighted by atomic mass is 16.5. The van der Waals surface area contributed by atoms with E-state index in [0.29, 0.717) is 17.2 Å². The fraction of sp³-hybridized carbons (Fsp3) is 0.417. The molecule has 0 aliphatic heterocycles. The molecule has 0 aromatic heterocycles. The SMILES string of the molecule is COc1cc(C(N)CC=O)cc(OC)c1OC. The maximum absolute atomic E-state index is 10.5. The molecule has 17 heavy (non-hydrogen) atoms. The van der Waals surface area contributed by atoms with E-state index in [-0.39, 0.29) is 12.5 Å². The van der Waals surface area contributed by atoms with Gasteiger partial charge in [-0.2, -0.15) is 0 Å². The molecule has 5 nitrogen and oxygen atoms in total. The number of hydrogen-bond donors (Lipinski definition) is 1. The van der Waals surface area contributed by atoms with Crippen LogP contribution >= 0.6 is 0 Å². The minimum absolute atomic E-state index is 0.249. The summed E-state index contributed by atoms with van der Waals surface area (Å²) in [5.74, 6) is 1.57. The molecular formula is C12H17NO4. The van der Waals surface area contributed by atoms with Crippen molar-refractivity contribution >= 4 is 6.29 Å². The molecule has 0 heterocycles. The number of carbonyl (C=O) groups excluding carboxylic acids is 1. The van der Waals surface area contributed by atoms with Gasteiger partial charge in [0.1, 0.15) is 6.29 Å². The van der Waals surface area contributed by atoms with Gasteiger partial charge in [-0.05, 0) is 17.7 Å². The Morgan fingerprint density at radius 2 is 1.71 bits per heavy atom. The highest BCUT2D eigenvalue weighted by molar-refractivity contribution is 5.56. The van der Waals surface area contributed by atoms with E-state index in [9.17, 15) is 4.79 Å². The van der Waals surface area contributed by atoms with Crippen molar-refractivity contribution in [3.8, 4) is 17.2 Å². The van der Waals surface area contributed by atoms with E-state index in [1.165, 1.54) is 21.3 Å². The van der Waals surface area contributed by atoms with E-state index in [0.717, 1.165) is 11.8 Å². The largest absolute Gasteiger partial charge is 0.493 e. The summed E-state index contributed by atoms with van der Waals surface area (Å²) in [6, 6.07) is 3.12. The lowest BCUT2D eigenvalue weighted by molar-refractivity contribution is -0.108. The van der Waals surface area contributed by atoms with Crippen molar-refractivity contribution in [1.82, 2.24) is 0 Å². The summed E-state index contributed by atoms with van der Waals surface area (Å²) in [6.07, 6.45) is 1.03. The third-order valence-corrected chi connectivity index (χ3v) is 2.47. The first-order chi connectivity index (χ1) is 8.17. The van der Waals surface area contributed by atoms with Crippen molar-refractivity contribution in [2.24, 2.45) is 5.73 Å². The van der Waals surface area contributed by atoms with Gasteiger partial charge >= 0.3 is 0 Å². The average molecular weight is 239 g/mol. The molecule has 1 aromatic carbocycles. The van der Waals surface area contributed by atoms with Crippen LogP contribution in [0.25, 0.3) is 0 Å². The molecule has 0 bridgehead atoms. The highest BCUT2D eigenvalue weighted by Crippen LogP contribution is 2.39. The Bertz CT molecular complexity index is 367. The van der Waals surface area contributed by atoms with Gasteiger partial charge in [-0.3, -0.25) is 0 Å². The van der Waals surface area contributed by atoms with Crippen molar-refractivity contribution < 1.29 is 19.0 Å². The van der Waals surface area contributed by atoms with E-state index in [2.05, 4.69) is 0 Å². The number of hydrogen-bond acceptors (Lipinski definition) is 5. The van der Waals surface area contributed by atoms with Gasteiger partial charge < -0.3 is 24.7 Å². The molecule has 0 aliphatic carbocycles. The van der Waals surface area contributed by atoms with Gasteiger partial charge in [-0.25, -0.2) is 0 Å². The standard InChI is InChI=1S/C12H17NO4/c1-15-10-6-8(9(13)4-5-14)7-11(16-2)12(10)17-3/h5-7,9H,4,13H2,1-3H3. The maximum Gasteiger partial charge on any atom is 0.203 e. The highest BCUT2D eigenvalue weighted by Gasteiger charge is 2.16. The zero-order valence-corrected chi connectivity index (χ0v) is 10.2. The Hall–Kier alpha value is -1.75. The molecule has 0 fully saturated rings. The summed E-state index contributed by atoms with van der Waals surface area (Å²) in [7, 11) is 4.60. The monoisotopic (exact) mass is 239 g/mol. The van der Waals surface area contributed by atoms with Gasteiger partial charge in [0.25, 0.3) is 0 Å². The predicted molar refractivity (Wildman–Crippen MR) is 63.7 cm³/mol. The Balaban J connectivity index is 3.21. The molecule has 0 spiro atoms. The average Bonchev–Trinajstić information content (AvgIpc) is 2.37. The van der Waals surface area contributed by atoms with E-state index in [1.807, 2.05) is 0 Å². The first-order valence-electron chi connectivity index (χ1n) is 5.17. The van der Waals surface area contributed by atoms with Gasteiger partial charge in [0, 0.05) is 12.5 Å². The van der Waals surface area contributed by atoms with Crippen molar-refractivity contribution in [3.63, 3.8) is 0 Å². The summed E-state index contributed by atoms with van der Waals surface area (Å²) in [5, 5.41) is 0. The maximum atomic E-state index is 10.5. The van der Waals surface area contributed by atoms with Crippen LogP contribution in [0.5, 0.6) is 17.2 Å². The normalized spacial score (nSPS) is 11.8. The lowest BCUT2D eigenvalue weighted by Gasteiger charge is -2.16. The number of aldehydes is 1. The van der Waals surface area contributed by atoms with Crippen LogP contribution in [0.15, 0.2) is 12.1 Å². The number of carbonyl (C=O) groups is 1. The molecule has 1 atom stereocenters. The van der Waals surface area contributed by atoms with Gasteiger partial charge in [-0.15, -0.1) is 0 Å². The number of methoxy groups -OCH3 is 3. The molecule has 0 amide bonds. The van der Waals surface area contributed by atoms with E-state index in [1.54, 1.807) is 12.1 Å². The Labute approximate surface area is 100 Å². The van der Waals surface area contributed by atoms with Crippen molar-refractivity contribution in [2.45, 2.75) is 12.5 Å². The first-order valence-corrected chi connectivity index (χ1v) is 5.17. The van der Waals surface area contributed by atoms with Crippen LogP contribution in [0.4, 0.5) is 0 Å². The summed E-state index contributed by atoms with van der Waals surface area (Å²) in [5.41, 5.74) is 6.63. The number of ether oxygens (including phenoxy) is 3. The fourth-order valence-corrected chi connectivity index (χ4v) is 1.56. The van der Waals surface area contributed by atoms with Gasteiger partial charge in [-0.1, -0.05) is 0 Å². The van der Waals surface area contributed by atoms with Crippen molar-refractivity contribution in [3.05, 3.63) is 17.7 Å². The Morgan fingerprint density at radius 1 is 1.18 bits per heavy atom. The number of nitrogens with two attached hydrogens (primary N) is 1. The second-order valence-electron chi connectivity index (χ2n) is 3.47. The molecule has 1 rings (SSSR count). The quantitative estimate of drug-likeness (QED) is 0.758. The van der Waals surface area contributed by atoms with Gasteiger partial charge in [0.15, 0.2) is 11.5 Å². The van der Waals surface area contributed by atoms with Crippen LogP contribution in [0.1, 0.15) is 18.0 Å². The topological polar surface area (TPSA) is 70.8 Å². The molecule has 0 aliphatic rings. The van der Waals surface area contributed by atoms with E-state index < -0.39 is 0 Å². The molecule has 0 radical (unpaired) electrons. The summed E-state index contributed by atoms with van der Waals surface area (Å²) >= 11 is 0. The fourth-order valence-electron chi connectivity index (χ4n) is 1.56. The summed E-state index contributed by atoms with van der Waals surface area (Å²) in [6.45, 7) is 0. The van der Waals surface area contributed by atoms with Crippen molar-refractivity contribution in [1.29, 1.82) is 0 Å². The third kappa shape index (κ3) is 2.88. The van der Waals surface area contributed by atoms with Crippen LogP contribution in [0, 0.1) is 0 Å². The van der Waals surface area contributed by atoms with Gasteiger partial charge in [0.05, 0.1) is 21.3 Å². The zero-order chi connectivity index (χ0) is 12.8. The lowest BCUT2D eigenvalue weighted by Crippen LogP contribution is -2.11. The van der Waals surface area contributed by atoms with Crippen LogP contribution in [0.3, 0.4) is 0 Å². The van der Waals surface area contributed by atoms with Crippen molar-refractivity contribution in [2.75, 3.05) is 21.3 Å². The van der Waals surface area contributed by atoms with Crippen LogP contribution in [0.2, 0.25) is 0 Å². The second kappa shape index (κ2) is 6.10. The summed E-state index contributed by atoms with van der Waals surface area (Å²) < 4.78 is 15.6. The number of rotatable bonds is 6. The van der Waals surface area contributed by atoms with E-state index >= 15 is 0 Å². The Morgan fingerprint density at radius 3 is 2.06 bits per heavy atom. The first kappa shape index (κ1) is 13.3. The molecule has 2 N–H and O–H groups in total. The van der Waals surface area contributed by atoms with Crippen LogP contribution in [-0.4, -0.2) is 27.6 Å². The van der Waals surface area contributed by atoms with Crippen LogP contribution < -0.4 is 19.9 Å². The van der Waals surface area contributed by atoms with Gasteiger partial charge in [0.2, 0.25) is 5.75 Å². The molecule has 0 saturated carbocycles. The molecule has 1 unspecified atom stereocenters. The Kier molecular flexibility index (Phi) is 4.78. The number of benzene rings is 1. The smallest absolute Gasteiger partial charge is 0.203 e. The molecule has 1 aromatic rings. The predicted octanol–water partition coefficient (Wildman–Crippen LogP) is 1.30. The summed E-state index contributed by atoms with van der Waals surface area (Å²) in [4.78, 5) is 10.5. The van der Waals surface area contributed by atoms with E-state index in [4.69, 9.17) is 19.9 Å². The molecule has 94 valence electrons. The zero-order valence-electron chi connectivity index (χ0n) is 10.2. The van der Waals surface area contributed by atoms with Crippen LogP contribution in [-0.2, 0) is 4.79 Å². The second-order valence-corrected chi connectivity index (χ2v) is 3.47. The molecule has 5 heteroatoms. The third-order valence-electron chi connectivity index (χ3n) is 2.47. The lowest BCUT2D eigenvalue weighted by atomic mass is 10.0. The minimum Gasteiger partial charge on any atom is -0.493 e. The molecular weight excluding hydrogens is 222 g/mol. The molecule has 0 saturated heterocycles. The minimum atomic E-state index is -0.374.